The molecule has 0 aliphatic carbocycles. The highest BCUT2D eigenvalue weighted by molar-refractivity contribution is 6.35. The fourth-order valence-corrected chi connectivity index (χ4v) is 3.66. The number of halogens is 2. The minimum Gasteiger partial charge on any atom is -0.481 e. The standard InChI is InChI=1S/C16H21Cl2NO2/c1-3-16(15(20)21)6-8-19(9-7-16)11(2)13-5-4-12(17)10-14(13)18/h4-5,10-11H,3,6-9H2,1-2H3,(H,20,21). The number of benzene rings is 1. The van der Waals surface area contributed by atoms with Gasteiger partial charge in [-0.25, -0.2) is 0 Å². The molecule has 0 saturated carbocycles. The molecule has 116 valence electrons. The van der Waals surface area contributed by atoms with Crippen LogP contribution >= 0.6 is 23.2 Å². The van der Waals surface area contributed by atoms with E-state index < -0.39 is 11.4 Å². The van der Waals surface area contributed by atoms with Crippen molar-refractivity contribution >= 4 is 29.2 Å². The number of rotatable bonds is 4. The number of piperidine rings is 1. The molecule has 0 spiro atoms. The van der Waals surface area contributed by atoms with Crippen LogP contribution in [-0.4, -0.2) is 29.1 Å². The van der Waals surface area contributed by atoms with Crippen LogP contribution in [-0.2, 0) is 4.79 Å². The summed E-state index contributed by atoms with van der Waals surface area (Å²) in [5.41, 5.74) is 0.486. The summed E-state index contributed by atoms with van der Waals surface area (Å²) in [6, 6.07) is 5.72. The Morgan fingerprint density at radius 3 is 2.48 bits per heavy atom. The molecule has 1 aromatic rings. The van der Waals surface area contributed by atoms with Gasteiger partial charge in [0, 0.05) is 16.1 Å². The SMILES string of the molecule is CCC1(C(=O)O)CCN(C(C)c2ccc(Cl)cc2Cl)CC1. The average molecular weight is 330 g/mol. The molecule has 21 heavy (non-hydrogen) atoms. The number of carboxylic acid groups (broad SMARTS) is 1. The van der Waals surface area contributed by atoms with Crippen molar-refractivity contribution in [3.63, 3.8) is 0 Å². The van der Waals surface area contributed by atoms with Gasteiger partial charge in [0.2, 0.25) is 0 Å². The molecule has 1 aliphatic heterocycles. The van der Waals surface area contributed by atoms with Crippen molar-refractivity contribution in [1.29, 1.82) is 0 Å². The van der Waals surface area contributed by atoms with Crippen molar-refractivity contribution in [2.75, 3.05) is 13.1 Å². The van der Waals surface area contributed by atoms with Gasteiger partial charge in [0.15, 0.2) is 0 Å². The highest BCUT2D eigenvalue weighted by Crippen LogP contribution is 2.39. The van der Waals surface area contributed by atoms with Crippen LogP contribution in [0.15, 0.2) is 18.2 Å². The van der Waals surface area contributed by atoms with Gasteiger partial charge in [-0.3, -0.25) is 9.69 Å². The minimum absolute atomic E-state index is 0.165. The molecule has 1 atom stereocenters. The van der Waals surface area contributed by atoms with Crippen molar-refractivity contribution in [1.82, 2.24) is 4.90 Å². The first-order valence-corrected chi connectivity index (χ1v) is 8.07. The Labute approximate surface area is 135 Å². The van der Waals surface area contributed by atoms with Gasteiger partial charge in [0.05, 0.1) is 5.41 Å². The normalized spacial score (nSPS) is 20.2. The van der Waals surface area contributed by atoms with Crippen LogP contribution in [0.5, 0.6) is 0 Å². The molecule has 1 aliphatic rings. The van der Waals surface area contributed by atoms with E-state index in [1.54, 1.807) is 6.07 Å². The van der Waals surface area contributed by atoms with Gasteiger partial charge in [-0.05, 0) is 57.0 Å². The molecule has 0 amide bonds. The maximum atomic E-state index is 11.5. The summed E-state index contributed by atoms with van der Waals surface area (Å²) < 4.78 is 0. The molecule has 1 unspecified atom stereocenters. The van der Waals surface area contributed by atoms with Gasteiger partial charge in [0.1, 0.15) is 0 Å². The maximum Gasteiger partial charge on any atom is 0.309 e. The quantitative estimate of drug-likeness (QED) is 0.875. The third-order valence-electron chi connectivity index (χ3n) is 4.85. The molecule has 1 N–H and O–H groups in total. The minimum atomic E-state index is -0.665. The first-order valence-electron chi connectivity index (χ1n) is 7.32. The number of likely N-dealkylation sites (tertiary alicyclic amines) is 1. The van der Waals surface area contributed by atoms with E-state index >= 15 is 0 Å². The Morgan fingerprint density at radius 1 is 1.38 bits per heavy atom. The third-order valence-corrected chi connectivity index (χ3v) is 5.41. The van der Waals surface area contributed by atoms with E-state index in [0.29, 0.717) is 29.3 Å². The molecule has 0 aromatic heterocycles. The number of hydrogen-bond acceptors (Lipinski definition) is 2. The third kappa shape index (κ3) is 3.36. The largest absolute Gasteiger partial charge is 0.481 e. The second-order valence-corrected chi connectivity index (χ2v) is 6.66. The lowest BCUT2D eigenvalue weighted by molar-refractivity contribution is -0.152. The molecule has 3 nitrogen and oxygen atoms in total. The van der Waals surface area contributed by atoms with Crippen LogP contribution in [0, 0.1) is 5.41 Å². The average Bonchev–Trinajstić information content (AvgIpc) is 2.46. The van der Waals surface area contributed by atoms with Crippen LogP contribution in [0.2, 0.25) is 10.0 Å². The molecular weight excluding hydrogens is 309 g/mol. The van der Waals surface area contributed by atoms with E-state index in [4.69, 9.17) is 23.2 Å². The predicted octanol–water partition coefficient (Wildman–Crippen LogP) is 4.63. The number of hydrogen-bond donors (Lipinski definition) is 1. The molecule has 0 bridgehead atoms. The van der Waals surface area contributed by atoms with E-state index in [0.717, 1.165) is 18.7 Å². The van der Waals surface area contributed by atoms with E-state index in [9.17, 15) is 9.90 Å². The molecule has 1 aromatic carbocycles. The Hall–Kier alpha value is -0.770. The zero-order chi connectivity index (χ0) is 15.6. The number of carboxylic acids is 1. The second kappa shape index (κ2) is 6.55. The number of aliphatic carboxylic acids is 1. The van der Waals surface area contributed by atoms with Gasteiger partial charge in [-0.2, -0.15) is 0 Å². The zero-order valence-corrected chi connectivity index (χ0v) is 13.9. The fourth-order valence-electron chi connectivity index (χ4n) is 3.10. The molecule has 0 radical (unpaired) electrons. The lowest BCUT2D eigenvalue weighted by Crippen LogP contribution is -2.44. The van der Waals surface area contributed by atoms with Crippen molar-refractivity contribution in [3.8, 4) is 0 Å². The maximum absolute atomic E-state index is 11.5. The Morgan fingerprint density at radius 2 is 2.00 bits per heavy atom. The van der Waals surface area contributed by atoms with Crippen LogP contribution < -0.4 is 0 Å². The van der Waals surface area contributed by atoms with E-state index in [1.807, 2.05) is 19.1 Å². The van der Waals surface area contributed by atoms with Crippen molar-refractivity contribution in [2.45, 2.75) is 39.2 Å². The van der Waals surface area contributed by atoms with E-state index in [1.165, 1.54) is 0 Å². The van der Waals surface area contributed by atoms with Crippen molar-refractivity contribution in [3.05, 3.63) is 33.8 Å². The first kappa shape index (κ1) is 16.6. The summed E-state index contributed by atoms with van der Waals surface area (Å²) in [5.74, 6) is -0.665. The van der Waals surface area contributed by atoms with Crippen molar-refractivity contribution in [2.24, 2.45) is 5.41 Å². The van der Waals surface area contributed by atoms with Gasteiger partial charge < -0.3 is 5.11 Å². The molecule has 1 saturated heterocycles. The number of nitrogens with zero attached hydrogens (tertiary/aromatic N) is 1. The van der Waals surface area contributed by atoms with Crippen LogP contribution in [0.25, 0.3) is 0 Å². The Balaban J connectivity index is 2.09. The van der Waals surface area contributed by atoms with Crippen LogP contribution in [0.3, 0.4) is 0 Å². The monoisotopic (exact) mass is 329 g/mol. The van der Waals surface area contributed by atoms with Gasteiger partial charge in [-0.1, -0.05) is 36.2 Å². The summed E-state index contributed by atoms with van der Waals surface area (Å²) in [6.45, 7) is 5.62. The van der Waals surface area contributed by atoms with Crippen LogP contribution in [0.1, 0.15) is 44.7 Å². The van der Waals surface area contributed by atoms with Crippen LogP contribution in [0.4, 0.5) is 0 Å². The lowest BCUT2D eigenvalue weighted by atomic mass is 9.76. The van der Waals surface area contributed by atoms with Gasteiger partial charge >= 0.3 is 5.97 Å². The van der Waals surface area contributed by atoms with E-state index in [-0.39, 0.29) is 6.04 Å². The van der Waals surface area contributed by atoms with Gasteiger partial charge in [-0.15, -0.1) is 0 Å². The molecular formula is C16H21Cl2NO2. The summed E-state index contributed by atoms with van der Waals surface area (Å²) in [5, 5.41) is 10.7. The van der Waals surface area contributed by atoms with Crippen molar-refractivity contribution < 1.29 is 9.90 Å². The first-order chi connectivity index (χ1) is 9.89. The van der Waals surface area contributed by atoms with E-state index in [2.05, 4.69) is 11.8 Å². The summed E-state index contributed by atoms with van der Waals surface area (Å²) in [6.07, 6.45) is 2.06. The predicted molar refractivity (Wildman–Crippen MR) is 86.0 cm³/mol. The topological polar surface area (TPSA) is 40.5 Å². The highest BCUT2D eigenvalue weighted by Gasteiger charge is 2.40. The highest BCUT2D eigenvalue weighted by atomic mass is 35.5. The number of carbonyl (C=O) groups is 1. The molecule has 1 heterocycles. The summed E-state index contributed by atoms with van der Waals surface area (Å²) >= 11 is 12.2. The van der Waals surface area contributed by atoms with Gasteiger partial charge in [0.25, 0.3) is 0 Å². The second-order valence-electron chi connectivity index (χ2n) is 5.82. The molecule has 5 heteroatoms. The molecule has 2 rings (SSSR count). The summed E-state index contributed by atoms with van der Waals surface area (Å²) in [4.78, 5) is 13.8. The summed E-state index contributed by atoms with van der Waals surface area (Å²) in [7, 11) is 0. The Bertz CT molecular complexity index is 525. The smallest absolute Gasteiger partial charge is 0.309 e. The molecule has 1 fully saturated rings. The fraction of sp³-hybridized carbons (Fsp3) is 0.562. The zero-order valence-electron chi connectivity index (χ0n) is 12.4. The lowest BCUT2D eigenvalue weighted by Gasteiger charge is -2.41. The Kier molecular flexibility index (Phi) is 5.18.